The van der Waals surface area contributed by atoms with Gasteiger partial charge < -0.3 is 10.5 Å². The molecule has 1 aliphatic rings. The molecule has 3 aromatic rings. The highest BCUT2D eigenvalue weighted by Crippen LogP contribution is 3.02. The van der Waals surface area contributed by atoms with Gasteiger partial charge in [0, 0.05) is 10.9 Å². The number of hydrogen-bond donors (Lipinski definition) is 1. The molecule has 3 nitrogen and oxygen atoms in total. The van der Waals surface area contributed by atoms with E-state index in [1.54, 1.807) is 30.3 Å². The van der Waals surface area contributed by atoms with Gasteiger partial charge in [0.25, 0.3) is 0 Å². The first-order chi connectivity index (χ1) is 13.4. The van der Waals surface area contributed by atoms with Gasteiger partial charge in [0.15, 0.2) is 0 Å². The lowest BCUT2D eigenvalue weighted by Gasteiger charge is -2.41. The fourth-order valence-corrected chi connectivity index (χ4v) is 4.16. The maximum Gasteiger partial charge on any atom is 0.310 e. The van der Waals surface area contributed by atoms with Crippen LogP contribution in [0, 0.1) is 11.3 Å². The second kappa shape index (κ2) is 5.42. The van der Waals surface area contributed by atoms with E-state index in [1.807, 2.05) is 12.1 Å². The Labute approximate surface area is 162 Å². The first kappa shape index (κ1) is 19.1. The highest BCUT2D eigenvalue weighted by atomic mass is 32.5. The van der Waals surface area contributed by atoms with Crippen molar-refractivity contribution in [2.75, 3.05) is 0 Å². The third kappa shape index (κ3) is 3.25. The normalized spacial score (nSPS) is 19.0. The molecule has 0 amide bonds. The summed E-state index contributed by atoms with van der Waals surface area (Å²) in [6.45, 7) is 0. The Balaban J connectivity index is 2.00. The lowest BCUT2D eigenvalue weighted by atomic mass is 9.82. The zero-order chi connectivity index (χ0) is 21.1. The minimum Gasteiger partial charge on any atom is -0.440 e. The predicted octanol–water partition coefficient (Wildman–Crippen LogP) is 6.72. The summed E-state index contributed by atoms with van der Waals surface area (Å²) in [6, 6.07) is 15.1. The van der Waals surface area contributed by atoms with Crippen LogP contribution in [0.4, 0.5) is 19.4 Å². The van der Waals surface area contributed by atoms with Crippen LogP contribution in [-0.4, -0.2) is 0 Å². The zero-order valence-electron chi connectivity index (χ0n) is 14.6. The number of hydrogen-bond acceptors (Lipinski definition) is 3. The van der Waals surface area contributed by atoms with Crippen LogP contribution in [0.15, 0.2) is 77.0 Å². The van der Waals surface area contributed by atoms with Crippen molar-refractivity contribution in [1.29, 1.82) is 5.26 Å². The molecule has 2 N–H and O–H groups in total. The summed E-state index contributed by atoms with van der Waals surface area (Å²) in [4.78, 5) is -2.02. The summed E-state index contributed by atoms with van der Waals surface area (Å²) >= 11 is 0. The number of allylic oxidation sites excluding steroid dienone is 1. The van der Waals surface area contributed by atoms with Crippen LogP contribution in [-0.2, 0) is 0 Å². The maximum absolute atomic E-state index is 13.3. The maximum atomic E-state index is 13.3. The average Bonchev–Trinajstić information content (AvgIpc) is 2.65. The standard InChI is InChI=1S/C20H13F5N2OS/c21-29(22,23,24,25)14-6-3-5-13(10-14)18-16-9-8-12-4-1-2-7-15(12)19(16)28-20(27)17(18)11-26/h1-10,18H,27H2. The van der Waals surface area contributed by atoms with Crippen LogP contribution in [0.1, 0.15) is 17.0 Å². The molecule has 0 saturated heterocycles. The fraction of sp³-hybridized carbons (Fsp3) is 0.0500. The molecule has 1 unspecified atom stereocenters. The number of nitrogens with two attached hydrogens (primary N) is 1. The smallest absolute Gasteiger partial charge is 0.310 e. The molecule has 1 atom stereocenters. The Morgan fingerprint density at radius 2 is 1.66 bits per heavy atom. The van der Waals surface area contributed by atoms with E-state index >= 15 is 0 Å². The van der Waals surface area contributed by atoms with Crippen molar-refractivity contribution in [2.45, 2.75) is 10.8 Å². The van der Waals surface area contributed by atoms with E-state index in [9.17, 15) is 24.7 Å². The minimum absolute atomic E-state index is 0.130. The van der Waals surface area contributed by atoms with Crippen LogP contribution in [0.5, 0.6) is 5.75 Å². The van der Waals surface area contributed by atoms with E-state index in [-0.39, 0.29) is 22.8 Å². The Bertz CT molecular complexity index is 1250. The van der Waals surface area contributed by atoms with E-state index in [0.717, 1.165) is 11.5 Å². The minimum atomic E-state index is -9.89. The van der Waals surface area contributed by atoms with Crippen molar-refractivity contribution in [3.8, 4) is 11.8 Å². The van der Waals surface area contributed by atoms with Gasteiger partial charge in [-0.15, -0.1) is 0 Å². The van der Waals surface area contributed by atoms with E-state index in [0.29, 0.717) is 23.1 Å². The van der Waals surface area contributed by atoms with Crippen molar-refractivity contribution < 1.29 is 24.2 Å². The largest absolute Gasteiger partial charge is 0.440 e. The Kier molecular flexibility index (Phi) is 3.57. The third-order valence-electron chi connectivity index (χ3n) is 4.74. The summed E-state index contributed by atoms with van der Waals surface area (Å²) < 4.78 is 72.3. The van der Waals surface area contributed by atoms with Gasteiger partial charge in [-0.3, -0.25) is 0 Å². The Morgan fingerprint density at radius 3 is 2.34 bits per heavy atom. The van der Waals surface area contributed by atoms with Crippen molar-refractivity contribution in [3.63, 3.8) is 0 Å². The summed E-state index contributed by atoms with van der Waals surface area (Å²) in [6.07, 6.45) is 0. The molecule has 0 aliphatic carbocycles. The number of rotatable bonds is 2. The lowest BCUT2D eigenvalue weighted by Crippen LogP contribution is -2.21. The number of ether oxygens (including phenoxy) is 1. The van der Waals surface area contributed by atoms with Crippen LogP contribution in [0.25, 0.3) is 10.8 Å². The van der Waals surface area contributed by atoms with E-state index in [2.05, 4.69) is 0 Å². The number of benzene rings is 3. The van der Waals surface area contributed by atoms with Gasteiger partial charge in [-0.2, -0.15) is 5.26 Å². The SMILES string of the molecule is N#CC1=C(N)Oc2c(ccc3ccccc23)C1c1cccc(S(F)(F)(F)(F)F)c1. The summed E-state index contributed by atoms with van der Waals surface area (Å²) in [5, 5.41) is 11.0. The van der Waals surface area contributed by atoms with Crippen molar-refractivity contribution in [2.24, 2.45) is 5.73 Å². The van der Waals surface area contributed by atoms with Crippen molar-refractivity contribution >= 4 is 21.0 Å². The van der Waals surface area contributed by atoms with E-state index < -0.39 is 21.0 Å². The molecule has 0 spiro atoms. The average molecular weight is 424 g/mol. The zero-order valence-corrected chi connectivity index (χ0v) is 15.4. The number of nitrogens with zero attached hydrogens (tertiary/aromatic N) is 1. The molecule has 0 radical (unpaired) electrons. The first-order valence-electron chi connectivity index (χ1n) is 8.32. The molecule has 0 aromatic heterocycles. The monoisotopic (exact) mass is 424 g/mol. The highest BCUT2D eigenvalue weighted by molar-refractivity contribution is 8.45. The first-order valence-corrected chi connectivity index (χ1v) is 10.3. The van der Waals surface area contributed by atoms with Crippen molar-refractivity contribution in [3.05, 3.63) is 83.2 Å². The quantitative estimate of drug-likeness (QED) is 0.465. The summed E-state index contributed by atoms with van der Waals surface area (Å²) in [5.74, 6) is -1.07. The molecule has 150 valence electrons. The highest BCUT2D eigenvalue weighted by Gasteiger charge is 2.65. The molecule has 0 fully saturated rings. The van der Waals surface area contributed by atoms with E-state index in [4.69, 9.17) is 10.5 Å². The van der Waals surface area contributed by atoms with Crippen molar-refractivity contribution in [1.82, 2.24) is 0 Å². The van der Waals surface area contributed by atoms with Crippen LogP contribution in [0.3, 0.4) is 0 Å². The van der Waals surface area contributed by atoms with Crippen LogP contribution < -0.4 is 10.5 Å². The van der Waals surface area contributed by atoms with Crippen LogP contribution in [0.2, 0.25) is 0 Å². The second-order valence-corrected chi connectivity index (χ2v) is 9.08. The van der Waals surface area contributed by atoms with Gasteiger partial charge in [-0.25, -0.2) is 0 Å². The number of nitriles is 1. The molecule has 9 heteroatoms. The van der Waals surface area contributed by atoms with Gasteiger partial charge in [0.1, 0.15) is 22.3 Å². The third-order valence-corrected chi connectivity index (χ3v) is 5.89. The fourth-order valence-electron chi connectivity index (χ4n) is 3.46. The van der Waals surface area contributed by atoms with Gasteiger partial charge in [-0.05, 0) is 23.1 Å². The number of fused-ring (bicyclic) bond motifs is 3. The van der Waals surface area contributed by atoms with Crippen LogP contribution >= 0.6 is 10.2 Å². The van der Waals surface area contributed by atoms with E-state index in [1.165, 1.54) is 6.07 Å². The molecule has 1 aliphatic heterocycles. The predicted molar refractivity (Wildman–Crippen MR) is 101 cm³/mol. The van der Waals surface area contributed by atoms with Gasteiger partial charge in [0.05, 0.1) is 5.92 Å². The molecular formula is C20H13F5N2OS. The summed E-state index contributed by atoms with van der Waals surface area (Å²) in [7, 11) is -9.89. The molecule has 0 bridgehead atoms. The number of halogens is 5. The molecule has 4 rings (SSSR count). The summed E-state index contributed by atoms with van der Waals surface area (Å²) in [5.41, 5.74) is 5.96. The van der Waals surface area contributed by atoms with Gasteiger partial charge >= 0.3 is 10.2 Å². The molecule has 0 saturated carbocycles. The van der Waals surface area contributed by atoms with Gasteiger partial charge in [-0.1, -0.05) is 68.0 Å². The lowest BCUT2D eigenvalue weighted by molar-refractivity contribution is 0.363. The Morgan fingerprint density at radius 1 is 0.931 bits per heavy atom. The Hall–Kier alpha value is -3.25. The second-order valence-electron chi connectivity index (χ2n) is 6.67. The molecular weight excluding hydrogens is 411 g/mol. The van der Waals surface area contributed by atoms with Gasteiger partial charge in [0.2, 0.25) is 5.88 Å². The molecule has 3 aromatic carbocycles. The molecule has 1 heterocycles. The topological polar surface area (TPSA) is 59.0 Å². The molecule has 29 heavy (non-hydrogen) atoms.